The molecule has 11 aromatic rings. The van der Waals surface area contributed by atoms with E-state index < -0.39 is 0 Å². The van der Waals surface area contributed by atoms with Gasteiger partial charge in [-0.1, -0.05) is 91.0 Å². The summed E-state index contributed by atoms with van der Waals surface area (Å²) in [7, 11) is 0. The maximum Gasteiger partial charge on any atom is 0.145 e. The average molecular weight is 718 g/mol. The van der Waals surface area contributed by atoms with Crippen molar-refractivity contribution < 1.29 is 4.42 Å². The Balaban J connectivity index is 1.21. The van der Waals surface area contributed by atoms with Crippen molar-refractivity contribution in [1.29, 1.82) is 10.5 Å². The zero-order chi connectivity index (χ0) is 36.6. The molecule has 11 rings (SSSR count). The number of thiophene rings is 1. The Labute approximate surface area is 319 Å². The Morgan fingerprint density at radius 1 is 0.455 bits per heavy atom. The first-order chi connectivity index (χ1) is 27.2. The first kappa shape index (κ1) is 31.1. The molecular weight excluding hydrogens is 691 g/mol. The fourth-order valence-corrected chi connectivity index (χ4v) is 9.48. The number of hydrogen-bond acceptors (Lipinski definition) is 4. The molecule has 0 aliphatic rings. The predicted octanol–water partition coefficient (Wildman–Crippen LogP) is 13.8. The van der Waals surface area contributed by atoms with Crippen molar-refractivity contribution in [1.82, 2.24) is 4.57 Å². The molecule has 8 aromatic carbocycles. The van der Waals surface area contributed by atoms with Crippen LogP contribution in [0.15, 0.2) is 168 Å². The van der Waals surface area contributed by atoms with Crippen molar-refractivity contribution in [2.24, 2.45) is 0 Å². The van der Waals surface area contributed by atoms with Gasteiger partial charge in [0.1, 0.15) is 11.2 Å². The monoisotopic (exact) mass is 717 g/mol. The van der Waals surface area contributed by atoms with E-state index in [1.54, 1.807) is 11.3 Å². The molecule has 3 aromatic heterocycles. The number of para-hydroxylation sites is 2. The van der Waals surface area contributed by atoms with Crippen LogP contribution >= 0.6 is 11.3 Å². The van der Waals surface area contributed by atoms with Gasteiger partial charge in [-0.15, -0.1) is 11.3 Å². The van der Waals surface area contributed by atoms with Gasteiger partial charge in [0, 0.05) is 47.6 Å². The van der Waals surface area contributed by atoms with E-state index in [-0.39, 0.29) is 0 Å². The van der Waals surface area contributed by atoms with Crippen LogP contribution in [-0.4, -0.2) is 4.57 Å². The van der Waals surface area contributed by atoms with Crippen LogP contribution in [0.25, 0.3) is 103 Å². The number of benzene rings is 8. The standard InChI is InChI=1S/C50H27N3OS/c51-28-35-23-32(24-36(29-52)48(35)30-10-2-1-3-11-30)34-22-33(31-18-21-47-42(27-31)39-13-6-9-17-46(39)55-47)25-37(26-34)53-43-15-7-4-14-41(43)49-44(53)20-19-40-38-12-5-8-16-45(38)54-50(40)49/h1-27H. The SMILES string of the molecule is N#Cc1cc(-c2cc(-c3ccc4sc5ccccc5c4c3)cc(-n3c4ccccc4c4c5oc6ccccc6c5ccc43)c2)cc(C#N)c1-c1ccccc1. The zero-order valence-corrected chi connectivity index (χ0v) is 30.1. The summed E-state index contributed by atoms with van der Waals surface area (Å²) in [6.45, 7) is 0. The van der Waals surface area contributed by atoms with Gasteiger partial charge in [0.05, 0.1) is 39.7 Å². The lowest BCUT2D eigenvalue weighted by molar-refractivity contribution is 0.673. The predicted molar refractivity (Wildman–Crippen MR) is 227 cm³/mol. The highest BCUT2D eigenvalue weighted by atomic mass is 32.1. The summed E-state index contributed by atoms with van der Waals surface area (Å²) in [4.78, 5) is 0. The molecule has 0 unspecified atom stereocenters. The summed E-state index contributed by atoms with van der Waals surface area (Å²) >= 11 is 1.81. The fraction of sp³-hybridized carbons (Fsp3) is 0. The second kappa shape index (κ2) is 12.0. The third-order valence-corrected chi connectivity index (χ3v) is 12.0. The lowest BCUT2D eigenvalue weighted by Crippen LogP contribution is -1.97. The van der Waals surface area contributed by atoms with Crippen LogP contribution in [0.4, 0.5) is 0 Å². The van der Waals surface area contributed by atoms with Crippen LogP contribution in [0.1, 0.15) is 11.1 Å². The van der Waals surface area contributed by atoms with Gasteiger partial charge in [-0.3, -0.25) is 0 Å². The maximum atomic E-state index is 10.5. The summed E-state index contributed by atoms with van der Waals surface area (Å²) in [6, 6.07) is 61.3. The van der Waals surface area contributed by atoms with Gasteiger partial charge in [0.25, 0.3) is 0 Å². The van der Waals surface area contributed by atoms with Gasteiger partial charge in [0.15, 0.2) is 0 Å². The highest BCUT2D eigenvalue weighted by Crippen LogP contribution is 2.43. The van der Waals surface area contributed by atoms with Crippen LogP contribution in [0.3, 0.4) is 0 Å². The molecule has 5 heteroatoms. The van der Waals surface area contributed by atoms with E-state index >= 15 is 0 Å². The van der Waals surface area contributed by atoms with E-state index in [9.17, 15) is 10.5 Å². The quantitative estimate of drug-likeness (QED) is 0.182. The highest BCUT2D eigenvalue weighted by Gasteiger charge is 2.21. The van der Waals surface area contributed by atoms with Gasteiger partial charge in [-0.2, -0.15) is 10.5 Å². The summed E-state index contributed by atoms with van der Waals surface area (Å²) in [6.07, 6.45) is 0. The number of rotatable bonds is 4. The second-order valence-electron chi connectivity index (χ2n) is 13.9. The minimum absolute atomic E-state index is 0.461. The van der Waals surface area contributed by atoms with E-state index in [2.05, 4.69) is 126 Å². The lowest BCUT2D eigenvalue weighted by Gasteiger charge is -2.16. The molecule has 55 heavy (non-hydrogen) atoms. The molecular formula is C50H27N3OS. The molecule has 0 aliphatic carbocycles. The van der Waals surface area contributed by atoms with Crippen LogP contribution in [-0.2, 0) is 0 Å². The number of furan rings is 1. The molecule has 254 valence electrons. The smallest absolute Gasteiger partial charge is 0.145 e. The minimum Gasteiger partial charge on any atom is -0.455 e. The number of hydrogen-bond donors (Lipinski definition) is 0. The van der Waals surface area contributed by atoms with E-state index in [1.165, 1.54) is 20.2 Å². The van der Waals surface area contributed by atoms with Crippen LogP contribution in [0.2, 0.25) is 0 Å². The molecule has 0 N–H and O–H groups in total. The second-order valence-corrected chi connectivity index (χ2v) is 15.0. The third-order valence-electron chi connectivity index (χ3n) is 10.8. The van der Waals surface area contributed by atoms with Gasteiger partial charge < -0.3 is 8.98 Å². The summed E-state index contributed by atoms with van der Waals surface area (Å²) in [5, 5.41) is 27.8. The Hall–Kier alpha value is -7.44. The van der Waals surface area contributed by atoms with E-state index in [1.807, 2.05) is 54.6 Å². The number of nitrogens with zero attached hydrogens (tertiary/aromatic N) is 3. The van der Waals surface area contributed by atoms with Gasteiger partial charge in [-0.25, -0.2) is 0 Å². The topological polar surface area (TPSA) is 65.7 Å². The third kappa shape index (κ3) is 4.75. The Morgan fingerprint density at radius 2 is 1.11 bits per heavy atom. The molecule has 3 heterocycles. The van der Waals surface area contributed by atoms with Crippen LogP contribution < -0.4 is 0 Å². The molecule has 0 amide bonds. The maximum absolute atomic E-state index is 10.5. The average Bonchev–Trinajstić information content (AvgIpc) is 3.92. The minimum atomic E-state index is 0.461. The molecule has 0 saturated carbocycles. The Morgan fingerprint density at radius 3 is 1.91 bits per heavy atom. The molecule has 0 bridgehead atoms. The highest BCUT2D eigenvalue weighted by molar-refractivity contribution is 7.25. The largest absolute Gasteiger partial charge is 0.455 e. The van der Waals surface area contributed by atoms with E-state index in [0.29, 0.717) is 16.7 Å². The zero-order valence-electron chi connectivity index (χ0n) is 29.2. The first-order valence-corrected chi connectivity index (χ1v) is 18.9. The van der Waals surface area contributed by atoms with Crippen LogP contribution in [0, 0.1) is 22.7 Å². The van der Waals surface area contributed by atoms with Crippen LogP contribution in [0.5, 0.6) is 0 Å². The molecule has 0 spiro atoms. The number of aromatic nitrogens is 1. The van der Waals surface area contributed by atoms with Gasteiger partial charge >= 0.3 is 0 Å². The summed E-state index contributed by atoms with van der Waals surface area (Å²) < 4.78 is 11.4. The fourth-order valence-electron chi connectivity index (χ4n) is 8.39. The molecule has 0 atom stereocenters. The van der Waals surface area contributed by atoms with Crippen molar-refractivity contribution in [3.8, 4) is 51.2 Å². The van der Waals surface area contributed by atoms with Crippen molar-refractivity contribution in [3.63, 3.8) is 0 Å². The Bertz CT molecular complexity index is 3430. The van der Waals surface area contributed by atoms with E-state index in [0.717, 1.165) is 77.2 Å². The van der Waals surface area contributed by atoms with E-state index in [4.69, 9.17) is 4.42 Å². The first-order valence-electron chi connectivity index (χ1n) is 18.1. The number of nitriles is 2. The normalized spacial score (nSPS) is 11.6. The van der Waals surface area contributed by atoms with Crippen molar-refractivity contribution in [3.05, 3.63) is 175 Å². The lowest BCUT2D eigenvalue weighted by atomic mass is 9.90. The summed E-state index contributed by atoms with van der Waals surface area (Å²) in [5.74, 6) is 0. The molecule has 0 saturated heterocycles. The molecule has 0 radical (unpaired) electrons. The van der Waals surface area contributed by atoms with Gasteiger partial charge in [0.2, 0.25) is 0 Å². The Kier molecular flexibility index (Phi) is 6.82. The van der Waals surface area contributed by atoms with Gasteiger partial charge in [-0.05, 0) is 101 Å². The molecule has 0 fully saturated rings. The molecule has 4 nitrogen and oxygen atoms in total. The number of fused-ring (bicyclic) bond motifs is 10. The van der Waals surface area contributed by atoms with Crippen molar-refractivity contribution >= 4 is 75.3 Å². The van der Waals surface area contributed by atoms with Crippen molar-refractivity contribution in [2.75, 3.05) is 0 Å². The molecule has 0 aliphatic heterocycles. The van der Waals surface area contributed by atoms with Crippen molar-refractivity contribution in [2.45, 2.75) is 0 Å². The summed E-state index contributed by atoms with van der Waals surface area (Å²) in [5.41, 5.74) is 11.0.